The average molecular weight is 247 g/mol. The molecule has 0 radical (unpaired) electrons. The minimum Gasteiger partial charge on any atom is -0.356 e. The fourth-order valence-electron chi connectivity index (χ4n) is 2.56. The van der Waals surface area contributed by atoms with Crippen molar-refractivity contribution in [3.63, 3.8) is 0 Å². The SMILES string of the molecule is CC1CN=C(NCCc2cn3c(n2)CCCC3)N1. The van der Waals surface area contributed by atoms with E-state index in [-0.39, 0.29) is 0 Å². The van der Waals surface area contributed by atoms with Crippen LogP contribution in [0, 0.1) is 0 Å². The van der Waals surface area contributed by atoms with Gasteiger partial charge in [0.1, 0.15) is 5.82 Å². The van der Waals surface area contributed by atoms with Crippen molar-refractivity contribution in [2.24, 2.45) is 4.99 Å². The molecule has 1 atom stereocenters. The number of nitrogens with one attached hydrogen (secondary N) is 2. The molecule has 5 heteroatoms. The molecular weight excluding hydrogens is 226 g/mol. The third-order valence-electron chi connectivity index (χ3n) is 3.54. The molecule has 2 N–H and O–H groups in total. The van der Waals surface area contributed by atoms with Crippen molar-refractivity contribution in [1.82, 2.24) is 20.2 Å². The number of aliphatic imine (C=N–C) groups is 1. The fourth-order valence-corrected chi connectivity index (χ4v) is 2.56. The van der Waals surface area contributed by atoms with Crippen LogP contribution in [0.2, 0.25) is 0 Å². The van der Waals surface area contributed by atoms with Crippen LogP contribution in [0.5, 0.6) is 0 Å². The van der Waals surface area contributed by atoms with E-state index in [1.54, 1.807) is 0 Å². The molecule has 0 aromatic carbocycles. The van der Waals surface area contributed by atoms with E-state index in [1.165, 1.54) is 24.4 Å². The Kier molecular flexibility index (Phi) is 3.21. The second-order valence-electron chi connectivity index (χ2n) is 5.21. The fraction of sp³-hybridized carbons (Fsp3) is 0.692. The molecule has 98 valence electrons. The van der Waals surface area contributed by atoms with Crippen LogP contribution in [0.3, 0.4) is 0 Å². The van der Waals surface area contributed by atoms with Crippen molar-refractivity contribution in [2.75, 3.05) is 13.1 Å². The van der Waals surface area contributed by atoms with Gasteiger partial charge in [-0.1, -0.05) is 0 Å². The van der Waals surface area contributed by atoms with Crippen LogP contribution >= 0.6 is 0 Å². The molecule has 1 aromatic rings. The summed E-state index contributed by atoms with van der Waals surface area (Å²) in [5.41, 5.74) is 1.20. The lowest BCUT2D eigenvalue weighted by atomic mass is 10.2. The van der Waals surface area contributed by atoms with Crippen molar-refractivity contribution < 1.29 is 0 Å². The molecule has 0 aliphatic carbocycles. The third-order valence-corrected chi connectivity index (χ3v) is 3.54. The Morgan fingerprint density at radius 1 is 1.50 bits per heavy atom. The maximum atomic E-state index is 4.69. The molecule has 18 heavy (non-hydrogen) atoms. The lowest BCUT2D eigenvalue weighted by molar-refractivity contribution is 0.522. The van der Waals surface area contributed by atoms with Crippen molar-refractivity contribution >= 4 is 5.96 Å². The average Bonchev–Trinajstić information content (AvgIpc) is 2.95. The minimum absolute atomic E-state index is 0.465. The van der Waals surface area contributed by atoms with Gasteiger partial charge in [-0.05, 0) is 19.8 Å². The molecule has 0 saturated heterocycles. The Hall–Kier alpha value is -1.52. The predicted molar refractivity (Wildman–Crippen MR) is 71.8 cm³/mol. The van der Waals surface area contributed by atoms with Crippen LogP contribution in [0.25, 0.3) is 0 Å². The van der Waals surface area contributed by atoms with Gasteiger partial charge < -0.3 is 15.2 Å². The zero-order valence-corrected chi connectivity index (χ0v) is 10.9. The summed E-state index contributed by atoms with van der Waals surface area (Å²) in [7, 11) is 0. The lowest BCUT2D eigenvalue weighted by Gasteiger charge is -2.11. The van der Waals surface area contributed by atoms with Crippen molar-refractivity contribution in [2.45, 2.75) is 45.2 Å². The van der Waals surface area contributed by atoms with Gasteiger partial charge in [0.2, 0.25) is 0 Å². The van der Waals surface area contributed by atoms with Crippen LogP contribution in [-0.2, 0) is 19.4 Å². The topological polar surface area (TPSA) is 54.2 Å². The molecule has 2 aliphatic heterocycles. The van der Waals surface area contributed by atoms with E-state index in [2.05, 4.69) is 33.3 Å². The molecule has 0 saturated carbocycles. The Morgan fingerprint density at radius 2 is 2.44 bits per heavy atom. The van der Waals surface area contributed by atoms with E-state index in [0.717, 1.165) is 38.4 Å². The van der Waals surface area contributed by atoms with Gasteiger partial charge in [0.15, 0.2) is 5.96 Å². The first-order chi connectivity index (χ1) is 8.81. The highest BCUT2D eigenvalue weighted by atomic mass is 15.2. The van der Waals surface area contributed by atoms with Gasteiger partial charge in [-0.15, -0.1) is 0 Å². The zero-order valence-electron chi connectivity index (χ0n) is 10.9. The van der Waals surface area contributed by atoms with Crippen LogP contribution in [0.15, 0.2) is 11.2 Å². The number of aromatic nitrogens is 2. The summed E-state index contributed by atoms with van der Waals surface area (Å²) in [6, 6.07) is 0.465. The summed E-state index contributed by atoms with van der Waals surface area (Å²) in [5, 5.41) is 6.63. The molecule has 5 nitrogen and oxygen atoms in total. The number of hydrogen-bond acceptors (Lipinski definition) is 4. The van der Waals surface area contributed by atoms with E-state index in [4.69, 9.17) is 4.98 Å². The number of hydrogen-bond donors (Lipinski definition) is 2. The van der Waals surface area contributed by atoms with Gasteiger partial charge in [0.05, 0.1) is 12.2 Å². The molecule has 0 spiro atoms. The normalized spacial score (nSPS) is 22.3. The highest BCUT2D eigenvalue weighted by Gasteiger charge is 2.13. The molecule has 0 amide bonds. The van der Waals surface area contributed by atoms with Gasteiger partial charge in [-0.2, -0.15) is 0 Å². The summed E-state index contributed by atoms with van der Waals surface area (Å²) in [6.45, 7) is 5.05. The highest BCUT2D eigenvalue weighted by molar-refractivity contribution is 5.81. The van der Waals surface area contributed by atoms with Gasteiger partial charge in [-0.25, -0.2) is 4.98 Å². The number of fused-ring (bicyclic) bond motifs is 1. The second-order valence-corrected chi connectivity index (χ2v) is 5.21. The van der Waals surface area contributed by atoms with Gasteiger partial charge in [0, 0.05) is 38.2 Å². The molecular formula is C13H21N5. The van der Waals surface area contributed by atoms with Gasteiger partial charge >= 0.3 is 0 Å². The van der Waals surface area contributed by atoms with E-state index >= 15 is 0 Å². The molecule has 3 heterocycles. The number of imidazole rings is 1. The van der Waals surface area contributed by atoms with Crippen molar-refractivity contribution in [3.8, 4) is 0 Å². The smallest absolute Gasteiger partial charge is 0.191 e. The Morgan fingerprint density at radius 3 is 3.22 bits per heavy atom. The van der Waals surface area contributed by atoms with Crippen LogP contribution in [-0.4, -0.2) is 34.6 Å². The number of nitrogens with zero attached hydrogens (tertiary/aromatic N) is 3. The standard InChI is InChI=1S/C13H21N5/c1-10-8-15-13(16-10)14-6-5-11-9-18-7-3-2-4-12(18)17-11/h9-10H,2-8H2,1H3,(H2,14,15,16). The number of rotatable bonds is 3. The third kappa shape index (κ3) is 2.49. The monoisotopic (exact) mass is 247 g/mol. The van der Waals surface area contributed by atoms with E-state index in [1.807, 2.05) is 0 Å². The number of guanidine groups is 1. The second kappa shape index (κ2) is 5.00. The molecule has 0 fully saturated rings. The van der Waals surface area contributed by atoms with Crippen molar-refractivity contribution in [3.05, 3.63) is 17.7 Å². The first-order valence-electron chi connectivity index (χ1n) is 6.91. The van der Waals surface area contributed by atoms with E-state index in [0.29, 0.717) is 6.04 Å². The Balaban J connectivity index is 1.49. The molecule has 3 rings (SSSR count). The summed E-state index contributed by atoms with van der Waals surface area (Å²) >= 11 is 0. The molecule has 0 bridgehead atoms. The summed E-state index contributed by atoms with van der Waals surface area (Å²) in [5.74, 6) is 2.20. The van der Waals surface area contributed by atoms with Gasteiger partial charge in [-0.3, -0.25) is 4.99 Å². The zero-order chi connectivity index (χ0) is 12.4. The predicted octanol–water partition coefficient (Wildman–Crippen LogP) is 0.699. The quantitative estimate of drug-likeness (QED) is 0.826. The van der Waals surface area contributed by atoms with Crippen LogP contribution in [0.4, 0.5) is 0 Å². The van der Waals surface area contributed by atoms with E-state index in [9.17, 15) is 0 Å². The van der Waals surface area contributed by atoms with Crippen LogP contribution in [0.1, 0.15) is 31.3 Å². The Labute approximate surface area is 108 Å². The molecule has 2 aliphatic rings. The summed E-state index contributed by atoms with van der Waals surface area (Å²) in [6.07, 6.45) is 6.89. The van der Waals surface area contributed by atoms with Gasteiger partial charge in [0.25, 0.3) is 0 Å². The largest absolute Gasteiger partial charge is 0.356 e. The Bertz CT molecular complexity index is 425. The maximum absolute atomic E-state index is 4.69. The summed E-state index contributed by atoms with van der Waals surface area (Å²) in [4.78, 5) is 9.07. The molecule has 1 aromatic heterocycles. The van der Waals surface area contributed by atoms with Crippen molar-refractivity contribution in [1.29, 1.82) is 0 Å². The first-order valence-corrected chi connectivity index (χ1v) is 6.91. The first kappa shape index (κ1) is 11.6. The van der Waals surface area contributed by atoms with Crippen LogP contribution < -0.4 is 10.6 Å². The highest BCUT2D eigenvalue weighted by Crippen LogP contribution is 2.14. The van der Waals surface area contributed by atoms with E-state index < -0.39 is 0 Å². The maximum Gasteiger partial charge on any atom is 0.191 e. The molecule has 1 unspecified atom stereocenters. The minimum atomic E-state index is 0.465. The summed E-state index contributed by atoms with van der Waals surface area (Å²) < 4.78 is 2.31. The lowest BCUT2D eigenvalue weighted by Crippen LogP contribution is -2.38. The number of aryl methyl sites for hydroxylation is 2.